The Morgan fingerprint density at radius 2 is 2.00 bits per heavy atom. The molecule has 162 valence electrons. The van der Waals surface area contributed by atoms with Crippen LogP contribution in [0.5, 0.6) is 11.5 Å². The van der Waals surface area contributed by atoms with Gasteiger partial charge in [0.05, 0.1) is 17.4 Å². The SMILES string of the molecule is CC(C)C(NC(=O)c1ccc2c(c1)OCO2)c1cc(=O)n2[nH]c(-c3cccnc3)cc2n1. The number of nitrogens with one attached hydrogen (secondary N) is 2. The van der Waals surface area contributed by atoms with Gasteiger partial charge < -0.3 is 14.8 Å². The molecular weight excluding hydrogens is 410 g/mol. The predicted octanol–water partition coefficient (Wildman–Crippen LogP) is 2.94. The van der Waals surface area contributed by atoms with Gasteiger partial charge in [-0.05, 0) is 36.2 Å². The van der Waals surface area contributed by atoms with Crippen LogP contribution in [-0.4, -0.2) is 32.3 Å². The highest BCUT2D eigenvalue weighted by atomic mass is 16.7. The molecule has 1 amide bonds. The van der Waals surface area contributed by atoms with E-state index < -0.39 is 6.04 Å². The molecule has 3 aromatic heterocycles. The molecule has 1 aliphatic rings. The van der Waals surface area contributed by atoms with Crippen LogP contribution >= 0.6 is 0 Å². The van der Waals surface area contributed by atoms with E-state index in [2.05, 4.69) is 20.4 Å². The fraction of sp³-hybridized carbons (Fsp3) is 0.217. The number of pyridine rings is 1. The molecule has 1 atom stereocenters. The predicted molar refractivity (Wildman–Crippen MR) is 117 cm³/mol. The first-order valence-corrected chi connectivity index (χ1v) is 10.2. The molecule has 0 saturated carbocycles. The minimum atomic E-state index is -0.456. The molecule has 1 unspecified atom stereocenters. The Labute approximate surface area is 183 Å². The van der Waals surface area contributed by atoms with Crippen LogP contribution in [0.1, 0.15) is 35.9 Å². The molecule has 0 saturated heterocycles. The van der Waals surface area contributed by atoms with Crippen LogP contribution in [0.2, 0.25) is 0 Å². The van der Waals surface area contributed by atoms with Crippen molar-refractivity contribution in [3.05, 3.63) is 76.5 Å². The Kier molecular flexibility index (Phi) is 4.85. The highest BCUT2D eigenvalue weighted by molar-refractivity contribution is 5.95. The summed E-state index contributed by atoms with van der Waals surface area (Å²) >= 11 is 0. The quantitative estimate of drug-likeness (QED) is 0.503. The second-order valence-corrected chi connectivity index (χ2v) is 7.89. The number of rotatable bonds is 5. The van der Waals surface area contributed by atoms with Crippen molar-refractivity contribution in [2.24, 2.45) is 5.92 Å². The molecule has 2 N–H and O–H groups in total. The minimum absolute atomic E-state index is 0.000883. The summed E-state index contributed by atoms with van der Waals surface area (Å²) in [7, 11) is 0. The van der Waals surface area contributed by atoms with E-state index >= 15 is 0 Å². The normalized spacial score (nSPS) is 13.5. The molecule has 0 bridgehead atoms. The van der Waals surface area contributed by atoms with Crippen molar-refractivity contribution in [3.8, 4) is 22.8 Å². The third-order valence-corrected chi connectivity index (χ3v) is 5.35. The van der Waals surface area contributed by atoms with Crippen molar-refractivity contribution in [1.29, 1.82) is 0 Å². The smallest absolute Gasteiger partial charge is 0.272 e. The first-order valence-electron chi connectivity index (χ1n) is 10.2. The molecule has 4 heterocycles. The van der Waals surface area contributed by atoms with E-state index in [1.807, 2.05) is 26.0 Å². The van der Waals surface area contributed by atoms with E-state index in [0.29, 0.717) is 28.4 Å². The largest absolute Gasteiger partial charge is 0.454 e. The number of fused-ring (bicyclic) bond motifs is 2. The zero-order chi connectivity index (χ0) is 22.2. The third-order valence-electron chi connectivity index (χ3n) is 5.35. The third kappa shape index (κ3) is 3.58. The average Bonchev–Trinajstić information content (AvgIpc) is 3.44. The molecule has 9 nitrogen and oxygen atoms in total. The van der Waals surface area contributed by atoms with Crippen LogP contribution in [-0.2, 0) is 0 Å². The monoisotopic (exact) mass is 431 g/mol. The second kappa shape index (κ2) is 7.84. The average molecular weight is 431 g/mol. The maximum atomic E-state index is 12.9. The van der Waals surface area contributed by atoms with Crippen LogP contribution < -0.4 is 20.3 Å². The molecule has 1 aliphatic heterocycles. The fourth-order valence-electron chi connectivity index (χ4n) is 3.68. The summed E-state index contributed by atoms with van der Waals surface area (Å²) in [4.78, 5) is 34.5. The number of ether oxygens (including phenoxy) is 2. The summed E-state index contributed by atoms with van der Waals surface area (Å²) in [6, 6.07) is 11.5. The lowest BCUT2D eigenvalue weighted by Gasteiger charge is -2.22. The first-order chi connectivity index (χ1) is 15.5. The Morgan fingerprint density at radius 1 is 1.16 bits per heavy atom. The van der Waals surface area contributed by atoms with Gasteiger partial charge in [-0.1, -0.05) is 13.8 Å². The summed E-state index contributed by atoms with van der Waals surface area (Å²) in [6.45, 7) is 4.07. The standard InChI is InChI=1S/C23H21N5O4/c1-13(2)22(26-23(30)14-5-6-18-19(8-14)32-12-31-18)17-10-21(29)28-20(25-17)9-16(27-28)15-4-3-7-24-11-15/h3-11,13,22,27H,12H2,1-2H3,(H,26,30). The Hall–Kier alpha value is -4.14. The number of amides is 1. The van der Waals surface area contributed by atoms with Gasteiger partial charge in [-0.25, -0.2) is 9.50 Å². The van der Waals surface area contributed by atoms with E-state index in [0.717, 1.165) is 11.3 Å². The molecule has 32 heavy (non-hydrogen) atoms. The number of carbonyl (C=O) groups excluding carboxylic acids is 1. The molecule has 0 spiro atoms. The number of carbonyl (C=O) groups is 1. The van der Waals surface area contributed by atoms with Crippen molar-refractivity contribution in [3.63, 3.8) is 0 Å². The number of hydrogen-bond acceptors (Lipinski definition) is 6. The van der Waals surface area contributed by atoms with Gasteiger partial charge in [-0.3, -0.25) is 19.7 Å². The number of hydrogen-bond donors (Lipinski definition) is 2. The summed E-state index contributed by atoms with van der Waals surface area (Å²) in [5.41, 5.74) is 2.72. The molecule has 0 aliphatic carbocycles. The van der Waals surface area contributed by atoms with Crippen LogP contribution in [0.3, 0.4) is 0 Å². The highest BCUT2D eigenvalue weighted by Gasteiger charge is 2.24. The van der Waals surface area contributed by atoms with Gasteiger partial charge in [0.1, 0.15) is 0 Å². The summed E-state index contributed by atoms with van der Waals surface area (Å²) in [5.74, 6) is 0.860. The van der Waals surface area contributed by atoms with Crippen molar-refractivity contribution < 1.29 is 14.3 Å². The van der Waals surface area contributed by atoms with Crippen molar-refractivity contribution in [2.75, 3.05) is 6.79 Å². The molecule has 0 fully saturated rings. The van der Waals surface area contributed by atoms with Crippen LogP contribution in [0.15, 0.2) is 59.7 Å². The maximum Gasteiger partial charge on any atom is 0.272 e. The van der Waals surface area contributed by atoms with Crippen LogP contribution in [0.25, 0.3) is 16.9 Å². The zero-order valence-corrected chi connectivity index (χ0v) is 17.5. The fourth-order valence-corrected chi connectivity index (χ4v) is 3.68. The highest BCUT2D eigenvalue weighted by Crippen LogP contribution is 2.32. The van der Waals surface area contributed by atoms with Crippen molar-refractivity contribution in [2.45, 2.75) is 19.9 Å². The molecule has 0 radical (unpaired) electrons. The van der Waals surface area contributed by atoms with Crippen molar-refractivity contribution in [1.82, 2.24) is 24.9 Å². The van der Waals surface area contributed by atoms with E-state index in [9.17, 15) is 9.59 Å². The van der Waals surface area contributed by atoms with Gasteiger partial charge in [-0.15, -0.1) is 0 Å². The first kappa shape index (κ1) is 19.8. The maximum absolute atomic E-state index is 12.9. The van der Waals surface area contributed by atoms with Gasteiger partial charge in [0.2, 0.25) is 6.79 Å². The molecule has 9 heteroatoms. The lowest BCUT2D eigenvalue weighted by atomic mass is 10.00. The Balaban J connectivity index is 1.47. The number of aromatic amines is 1. The number of benzene rings is 1. The lowest BCUT2D eigenvalue weighted by Crippen LogP contribution is -2.33. The molecule has 5 rings (SSSR count). The van der Waals surface area contributed by atoms with Gasteiger partial charge in [-0.2, -0.15) is 0 Å². The van der Waals surface area contributed by atoms with Crippen molar-refractivity contribution >= 4 is 11.6 Å². The van der Waals surface area contributed by atoms with E-state index in [4.69, 9.17) is 9.47 Å². The zero-order valence-electron chi connectivity index (χ0n) is 17.5. The Morgan fingerprint density at radius 3 is 2.78 bits per heavy atom. The number of H-pyrrole nitrogens is 1. The van der Waals surface area contributed by atoms with E-state index in [-0.39, 0.29) is 24.2 Å². The van der Waals surface area contributed by atoms with Gasteiger partial charge >= 0.3 is 0 Å². The van der Waals surface area contributed by atoms with E-state index in [1.54, 1.807) is 36.7 Å². The van der Waals surface area contributed by atoms with Crippen LogP contribution in [0.4, 0.5) is 0 Å². The van der Waals surface area contributed by atoms with Crippen LogP contribution in [0, 0.1) is 5.92 Å². The molecule has 1 aromatic carbocycles. The van der Waals surface area contributed by atoms with Gasteiger partial charge in [0.15, 0.2) is 17.1 Å². The Bertz CT molecular complexity index is 1360. The minimum Gasteiger partial charge on any atom is -0.454 e. The summed E-state index contributed by atoms with van der Waals surface area (Å²) in [5, 5.41) is 6.06. The molecule has 4 aromatic rings. The second-order valence-electron chi connectivity index (χ2n) is 7.89. The lowest BCUT2D eigenvalue weighted by molar-refractivity contribution is 0.0924. The molecular formula is C23H21N5O4. The van der Waals surface area contributed by atoms with Gasteiger partial charge in [0, 0.05) is 35.7 Å². The topological polar surface area (TPSA) is 111 Å². The van der Waals surface area contributed by atoms with E-state index in [1.165, 1.54) is 10.6 Å². The summed E-state index contributed by atoms with van der Waals surface area (Å²) < 4.78 is 12.0. The summed E-state index contributed by atoms with van der Waals surface area (Å²) in [6.07, 6.45) is 3.39. The number of nitrogens with zero attached hydrogens (tertiary/aromatic N) is 3. The number of aromatic nitrogens is 4. The van der Waals surface area contributed by atoms with Gasteiger partial charge in [0.25, 0.3) is 11.5 Å².